The van der Waals surface area contributed by atoms with Crippen LogP contribution in [0.3, 0.4) is 0 Å². The Morgan fingerprint density at radius 3 is 2.65 bits per heavy atom. The van der Waals surface area contributed by atoms with E-state index < -0.39 is 0 Å². The highest BCUT2D eigenvalue weighted by atomic mass is 127. The van der Waals surface area contributed by atoms with Gasteiger partial charge in [0, 0.05) is 17.1 Å². The van der Waals surface area contributed by atoms with Crippen molar-refractivity contribution < 1.29 is 0 Å². The Labute approximate surface area is 142 Å². The van der Waals surface area contributed by atoms with E-state index in [4.69, 9.17) is 23.2 Å². The van der Waals surface area contributed by atoms with Crippen LogP contribution >= 0.6 is 45.8 Å². The Morgan fingerprint density at radius 1 is 1.25 bits per heavy atom. The largest absolute Gasteiger partial charge is 0.369 e. The highest BCUT2D eigenvalue weighted by Crippen LogP contribution is 2.30. The SMILES string of the molecule is CCCNc1nc(-c2ccc(Cl)cc2Cl)nc(C)c1I. The zero-order chi connectivity index (χ0) is 14.7. The van der Waals surface area contributed by atoms with Crippen LogP contribution in [0.2, 0.25) is 10.0 Å². The lowest BCUT2D eigenvalue weighted by Gasteiger charge is -2.11. The summed E-state index contributed by atoms with van der Waals surface area (Å²) in [6.45, 7) is 4.96. The van der Waals surface area contributed by atoms with E-state index in [-0.39, 0.29) is 0 Å². The van der Waals surface area contributed by atoms with Crippen LogP contribution in [0, 0.1) is 10.5 Å². The van der Waals surface area contributed by atoms with Crippen molar-refractivity contribution in [3.8, 4) is 11.4 Å². The number of aryl methyl sites for hydroxylation is 1. The molecule has 0 radical (unpaired) electrons. The van der Waals surface area contributed by atoms with Gasteiger partial charge in [-0.25, -0.2) is 9.97 Å². The van der Waals surface area contributed by atoms with Gasteiger partial charge in [-0.15, -0.1) is 0 Å². The van der Waals surface area contributed by atoms with Crippen molar-refractivity contribution in [3.05, 3.63) is 37.5 Å². The predicted molar refractivity (Wildman–Crippen MR) is 93.7 cm³/mol. The van der Waals surface area contributed by atoms with Gasteiger partial charge >= 0.3 is 0 Å². The summed E-state index contributed by atoms with van der Waals surface area (Å²) in [5, 5.41) is 4.47. The molecule has 0 fully saturated rings. The van der Waals surface area contributed by atoms with Crippen molar-refractivity contribution in [2.45, 2.75) is 20.3 Å². The Balaban J connectivity index is 2.48. The van der Waals surface area contributed by atoms with E-state index in [1.54, 1.807) is 12.1 Å². The second-order valence-electron chi connectivity index (χ2n) is 4.35. The molecule has 6 heteroatoms. The Hall–Kier alpha value is -0.590. The number of anilines is 1. The molecule has 1 aromatic carbocycles. The highest BCUT2D eigenvalue weighted by molar-refractivity contribution is 14.1. The molecule has 0 amide bonds. The third-order valence-corrected chi connectivity index (χ3v) is 4.57. The molecule has 2 rings (SSSR count). The molecule has 0 aliphatic rings. The van der Waals surface area contributed by atoms with E-state index >= 15 is 0 Å². The fourth-order valence-corrected chi connectivity index (χ4v) is 2.64. The number of nitrogens with one attached hydrogen (secondary N) is 1. The molecule has 0 atom stereocenters. The fourth-order valence-electron chi connectivity index (χ4n) is 1.71. The minimum absolute atomic E-state index is 0.555. The van der Waals surface area contributed by atoms with Gasteiger partial charge in [-0.05, 0) is 54.1 Å². The zero-order valence-electron chi connectivity index (χ0n) is 11.2. The summed E-state index contributed by atoms with van der Waals surface area (Å²) in [4.78, 5) is 9.09. The molecule has 106 valence electrons. The van der Waals surface area contributed by atoms with Gasteiger partial charge in [-0.1, -0.05) is 30.1 Å². The van der Waals surface area contributed by atoms with Crippen molar-refractivity contribution in [2.24, 2.45) is 0 Å². The van der Waals surface area contributed by atoms with E-state index in [1.165, 1.54) is 0 Å². The molecule has 1 heterocycles. The number of halogens is 3. The number of rotatable bonds is 4. The van der Waals surface area contributed by atoms with Crippen LogP contribution < -0.4 is 5.32 Å². The molecular formula is C14H14Cl2IN3. The third kappa shape index (κ3) is 3.54. The van der Waals surface area contributed by atoms with Crippen molar-refractivity contribution in [2.75, 3.05) is 11.9 Å². The normalized spacial score (nSPS) is 10.7. The number of nitrogens with zero attached hydrogens (tertiary/aromatic N) is 2. The van der Waals surface area contributed by atoms with E-state index in [0.29, 0.717) is 15.9 Å². The van der Waals surface area contributed by atoms with Gasteiger partial charge in [0.1, 0.15) is 5.82 Å². The van der Waals surface area contributed by atoms with Crippen molar-refractivity contribution in [1.82, 2.24) is 9.97 Å². The molecule has 1 aromatic heterocycles. The third-order valence-electron chi connectivity index (χ3n) is 2.73. The van der Waals surface area contributed by atoms with Crippen molar-refractivity contribution in [3.63, 3.8) is 0 Å². The zero-order valence-corrected chi connectivity index (χ0v) is 14.8. The number of hydrogen-bond acceptors (Lipinski definition) is 3. The van der Waals surface area contributed by atoms with Crippen molar-refractivity contribution in [1.29, 1.82) is 0 Å². The van der Waals surface area contributed by atoms with Crippen LogP contribution in [0.4, 0.5) is 5.82 Å². The first-order valence-corrected chi connectivity index (χ1v) is 8.09. The maximum atomic E-state index is 6.23. The van der Waals surface area contributed by atoms with Crippen LogP contribution in [-0.2, 0) is 0 Å². The fraction of sp³-hybridized carbons (Fsp3) is 0.286. The van der Waals surface area contributed by atoms with E-state index in [0.717, 1.165) is 33.6 Å². The first kappa shape index (κ1) is 15.8. The van der Waals surface area contributed by atoms with Crippen LogP contribution in [0.25, 0.3) is 11.4 Å². The van der Waals surface area contributed by atoms with E-state index in [1.807, 2.05) is 13.0 Å². The smallest absolute Gasteiger partial charge is 0.163 e. The van der Waals surface area contributed by atoms with Crippen LogP contribution in [0.1, 0.15) is 19.0 Å². The van der Waals surface area contributed by atoms with Gasteiger partial charge < -0.3 is 5.32 Å². The van der Waals surface area contributed by atoms with Gasteiger partial charge in [-0.2, -0.15) is 0 Å². The summed E-state index contributed by atoms with van der Waals surface area (Å²) < 4.78 is 1.03. The second kappa shape index (κ2) is 6.91. The standard InChI is InChI=1S/C14H14Cl2IN3/c1-3-6-18-14-12(17)8(2)19-13(20-14)10-5-4-9(15)7-11(10)16/h4-5,7H,3,6H2,1-2H3,(H,18,19,20). The lowest BCUT2D eigenvalue weighted by atomic mass is 10.2. The first-order valence-electron chi connectivity index (χ1n) is 6.26. The monoisotopic (exact) mass is 421 g/mol. The van der Waals surface area contributed by atoms with E-state index in [9.17, 15) is 0 Å². The number of benzene rings is 1. The number of hydrogen-bond donors (Lipinski definition) is 1. The quantitative estimate of drug-likeness (QED) is 0.690. The topological polar surface area (TPSA) is 37.8 Å². The average Bonchev–Trinajstić information content (AvgIpc) is 2.40. The van der Waals surface area contributed by atoms with Gasteiger partial charge in [0.2, 0.25) is 0 Å². The maximum absolute atomic E-state index is 6.23. The molecule has 3 nitrogen and oxygen atoms in total. The van der Waals surface area contributed by atoms with Crippen LogP contribution in [0.15, 0.2) is 18.2 Å². The minimum Gasteiger partial charge on any atom is -0.369 e. The molecule has 1 N–H and O–H groups in total. The van der Waals surface area contributed by atoms with Gasteiger partial charge in [-0.3, -0.25) is 0 Å². The molecule has 0 unspecified atom stereocenters. The molecule has 0 aliphatic heterocycles. The summed E-state index contributed by atoms with van der Waals surface area (Å²) in [5.74, 6) is 1.46. The summed E-state index contributed by atoms with van der Waals surface area (Å²) in [5.41, 5.74) is 1.72. The van der Waals surface area contributed by atoms with E-state index in [2.05, 4.69) is 44.8 Å². The molecule has 2 aromatic rings. The number of aromatic nitrogens is 2. The molecule has 0 saturated carbocycles. The van der Waals surface area contributed by atoms with Gasteiger partial charge in [0.25, 0.3) is 0 Å². The maximum Gasteiger partial charge on any atom is 0.163 e. The second-order valence-corrected chi connectivity index (χ2v) is 6.27. The first-order chi connectivity index (χ1) is 9.52. The lowest BCUT2D eigenvalue weighted by molar-refractivity contribution is 0.958. The highest BCUT2D eigenvalue weighted by Gasteiger charge is 2.13. The summed E-state index contributed by atoms with van der Waals surface area (Å²) in [6.07, 6.45) is 1.04. The van der Waals surface area contributed by atoms with Gasteiger partial charge in [0.05, 0.1) is 14.3 Å². The lowest BCUT2D eigenvalue weighted by Crippen LogP contribution is -2.07. The van der Waals surface area contributed by atoms with Crippen LogP contribution in [-0.4, -0.2) is 16.5 Å². The minimum atomic E-state index is 0.555. The molecule has 0 saturated heterocycles. The van der Waals surface area contributed by atoms with Crippen molar-refractivity contribution >= 4 is 51.6 Å². The van der Waals surface area contributed by atoms with Gasteiger partial charge in [0.15, 0.2) is 5.82 Å². The molecule has 0 aliphatic carbocycles. The molecule has 0 spiro atoms. The Morgan fingerprint density at radius 2 is 2.00 bits per heavy atom. The summed E-state index contributed by atoms with van der Waals surface area (Å²) in [6, 6.07) is 5.34. The Kier molecular flexibility index (Phi) is 5.46. The molecular weight excluding hydrogens is 408 g/mol. The molecule has 20 heavy (non-hydrogen) atoms. The summed E-state index contributed by atoms with van der Waals surface area (Å²) >= 11 is 14.4. The van der Waals surface area contributed by atoms with Crippen LogP contribution in [0.5, 0.6) is 0 Å². The average molecular weight is 422 g/mol. The molecule has 0 bridgehead atoms. The Bertz CT molecular complexity index is 632. The summed E-state index contributed by atoms with van der Waals surface area (Å²) in [7, 11) is 0. The predicted octanol–water partition coefficient (Wildman–Crippen LogP) is 5.19.